The lowest BCUT2D eigenvalue weighted by Gasteiger charge is -2.65. The zero-order valence-electron chi connectivity index (χ0n) is 18.0. The topological polar surface area (TPSA) is 87.0 Å². The first kappa shape index (κ1) is 20.0. The smallest absolute Gasteiger partial charge is 0.331 e. The van der Waals surface area contributed by atoms with Crippen molar-refractivity contribution in [2.45, 2.75) is 89.4 Å². The molecule has 4 saturated carbocycles. The van der Waals surface area contributed by atoms with E-state index in [2.05, 4.69) is 13.8 Å². The lowest BCUT2D eigenvalue weighted by atomic mass is 9.42. The average Bonchev–Trinajstić information content (AvgIpc) is 3.19. The standard InChI is InChI=1S/C24H36O5/c1-21(27)8-9-22(2)15(12-21)4-5-17-18(22)11-19(25)23(3)16(6-7-24(17,23)28)14-10-20(26)29-13-14/h10,15-19,25,27-28H,4-9,11-13H2,1-3H3/t15-,16-,17-,18+,19-,21-,22+,23+,24+/m1/s1. The van der Waals surface area contributed by atoms with Crippen molar-refractivity contribution in [1.29, 1.82) is 0 Å². The quantitative estimate of drug-likeness (QED) is 0.585. The number of cyclic esters (lactones) is 1. The molecular weight excluding hydrogens is 368 g/mol. The second-order valence-corrected chi connectivity index (χ2v) is 11.6. The summed E-state index contributed by atoms with van der Waals surface area (Å²) in [6.07, 6.45) is 7.74. The molecule has 0 aromatic carbocycles. The normalized spacial score (nSPS) is 56.8. The summed E-state index contributed by atoms with van der Waals surface area (Å²) in [5, 5.41) is 34.3. The van der Waals surface area contributed by atoms with Crippen LogP contribution in [0.4, 0.5) is 0 Å². The van der Waals surface area contributed by atoms with Crippen molar-refractivity contribution in [2.75, 3.05) is 6.61 Å². The number of esters is 1. The van der Waals surface area contributed by atoms with E-state index < -0.39 is 22.7 Å². The highest BCUT2D eigenvalue weighted by molar-refractivity contribution is 5.85. The zero-order valence-corrected chi connectivity index (χ0v) is 18.0. The largest absolute Gasteiger partial charge is 0.458 e. The van der Waals surface area contributed by atoms with Gasteiger partial charge in [0.15, 0.2) is 0 Å². The maximum atomic E-state index is 12.2. The minimum atomic E-state index is -0.916. The van der Waals surface area contributed by atoms with Gasteiger partial charge < -0.3 is 20.1 Å². The van der Waals surface area contributed by atoms with Crippen LogP contribution in [0.5, 0.6) is 0 Å². The van der Waals surface area contributed by atoms with E-state index in [1.807, 2.05) is 6.92 Å². The first-order valence-electron chi connectivity index (χ1n) is 11.5. The lowest BCUT2D eigenvalue weighted by Crippen LogP contribution is -2.67. The number of ether oxygens (including phenoxy) is 1. The zero-order chi connectivity index (χ0) is 20.8. The monoisotopic (exact) mass is 404 g/mol. The van der Waals surface area contributed by atoms with Gasteiger partial charge in [0.2, 0.25) is 0 Å². The van der Waals surface area contributed by atoms with Crippen molar-refractivity contribution in [3.05, 3.63) is 11.6 Å². The number of aliphatic hydroxyl groups is 3. The fourth-order valence-electron chi connectivity index (χ4n) is 8.56. The summed E-state index contributed by atoms with van der Waals surface area (Å²) in [5.74, 6) is 0.592. The first-order chi connectivity index (χ1) is 13.5. The first-order valence-corrected chi connectivity index (χ1v) is 11.5. The van der Waals surface area contributed by atoms with E-state index in [9.17, 15) is 20.1 Å². The highest BCUT2D eigenvalue weighted by Crippen LogP contribution is 2.70. The van der Waals surface area contributed by atoms with Gasteiger partial charge in [0.25, 0.3) is 0 Å². The molecule has 4 fully saturated rings. The summed E-state index contributed by atoms with van der Waals surface area (Å²) in [7, 11) is 0. The number of rotatable bonds is 1. The van der Waals surface area contributed by atoms with Crippen molar-refractivity contribution in [1.82, 2.24) is 0 Å². The van der Waals surface area contributed by atoms with Gasteiger partial charge in [-0.15, -0.1) is 0 Å². The molecule has 0 unspecified atom stereocenters. The molecular formula is C24H36O5. The number of hydrogen-bond donors (Lipinski definition) is 3. The molecule has 5 heteroatoms. The van der Waals surface area contributed by atoms with Gasteiger partial charge in [-0.3, -0.25) is 0 Å². The molecule has 29 heavy (non-hydrogen) atoms. The number of aliphatic hydroxyl groups excluding tert-OH is 1. The Kier molecular flexibility index (Phi) is 4.19. The predicted molar refractivity (Wildman–Crippen MR) is 108 cm³/mol. The highest BCUT2D eigenvalue weighted by Gasteiger charge is 2.71. The molecule has 162 valence electrons. The molecule has 4 aliphatic carbocycles. The third-order valence-electron chi connectivity index (χ3n) is 10.4. The van der Waals surface area contributed by atoms with Gasteiger partial charge in [-0.2, -0.15) is 0 Å². The fourth-order valence-corrected chi connectivity index (χ4v) is 8.56. The Morgan fingerprint density at radius 1 is 1.03 bits per heavy atom. The second kappa shape index (κ2) is 6.08. The summed E-state index contributed by atoms with van der Waals surface area (Å²) in [5.41, 5.74) is -1.14. The number of fused-ring (bicyclic) bond motifs is 5. The van der Waals surface area contributed by atoms with Crippen LogP contribution in [0.25, 0.3) is 0 Å². The molecule has 9 atom stereocenters. The van der Waals surface area contributed by atoms with Crippen LogP contribution < -0.4 is 0 Å². The van der Waals surface area contributed by atoms with Crippen molar-refractivity contribution < 1.29 is 24.9 Å². The van der Waals surface area contributed by atoms with Crippen LogP contribution in [-0.4, -0.2) is 45.2 Å². The van der Waals surface area contributed by atoms with E-state index in [0.29, 0.717) is 25.4 Å². The third kappa shape index (κ3) is 2.53. The van der Waals surface area contributed by atoms with Crippen LogP contribution in [0, 0.1) is 34.5 Å². The van der Waals surface area contributed by atoms with Crippen LogP contribution in [0.15, 0.2) is 11.6 Å². The molecule has 0 aromatic rings. The fraction of sp³-hybridized carbons (Fsp3) is 0.875. The Labute approximate surface area is 173 Å². The lowest BCUT2D eigenvalue weighted by molar-refractivity contribution is -0.248. The summed E-state index contributed by atoms with van der Waals surface area (Å²) < 4.78 is 5.17. The van der Waals surface area contributed by atoms with Crippen molar-refractivity contribution in [2.24, 2.45) is 34.5 Å². The molecule has 0 radical (unpaired) electrons. The molecule has 3 N–H and O–H groups in total. The molecule has 5 nitrogen and oxygen atoms in total. The predicted octanol–water partition coefficient (Wildman–Crippen LogP) is 2.97. The Morgan fingerprint density at radius 2 is 1.79 bits per heavy atom. The van der Waals surface area contributed by atoms with Gasteiger partial charge in [0.1, 0.15) is 6.61 Å². The molecule has 5 rings (SSSR count). The minimum absolute atomic E-state index is 0.00693. The number of carbonyl (C=O) groups is 1. The Balaban J connectivity index is 1.50. The molecule has 0 aromatic heterocycles. The minimum Gasteiger partial charge on any atom is -0.458 e. The van der Waals surface area contributed by atoms with Crippen LogP contribution in [0.2, 0.25) is 0 Å². The summed E-state index contributed by atoms with van der Waals surface area (Å²) in [4.78, 5) is 11.7. The van der Waals surface area contributed by atoms with E-state index in [1.165, 1.54) is 0 Å². The molecule has 1 aliphatic heterocycles. The van der Waals surface area contributed by atoms with Gasteiger partial charge >= 0.3 is 5.97 Å². The van der Waals surface area contributed by atoms with E-state index in [4.69, 9.17) is 4.74 Å². The van der Waals surface area contributed by atoms with Gasteiger partial charge in [0, 0.05) is 11.5 Å². The van der Waals surface area contributed by atoms with Gasteiger partial charge in [-0.25, -0.2) is 4.79 Å². The highest BCUT2D eigenvalue weighted by atomic mass is 16.5. The van der Waals surface area contributed by atoms with E-state index >= 15 is 0 Å². The maximum Gasteiger partial charge on any atom is 0.331 e. The summed E-state index contributed by atoms with van der Waals surface area (Å²) >= 11 is 0. The Bertz CT molecular complexity index is 758. The van der Waals surface area contributed by atoms with Gasteiger partial charge in [-0.1, -0.05) is 13.8 Å². The second-order valence-electron chi connectivity index (χ2n) is 11.6. The molecule has 1 heterocycles. The molecule has 0 spiro atoms. The number of carbonyl (C=O) groups excluding carboxylic acids is 1. The van der Waals surface area contributed by atoms with Crippen molar-refractivity contribution in [3.63, 3.8) is 0 Å². The van der Waals surface area contributed by atoms with Crippen molar-refractivity contribution in [3.8, 4) is 0 Å². The molecule has 5 aliphatic rings. The van der Waals surface area contributed by atoms with Crippen LogP contribution >= 0.6 is 0 Å². The van der Waals surface area contributed by atoms with Gasteiger partial charge in [-0.05, 0) is 93.0 Å². The molecule has 0 bridgehead atoms. The van der Waals surface area contributed by atoms with Crippen LogP contribution in [0.1, 0.15) is 72.1 Å². The van der Waals surface area contributed by atoms with Crippen molar-refractivity contribution >= 4 is 5.97 Å². The Hall–Kier alpha value is -0.910. The summed E-state index contributed by atoms with van der Waals surface area (Å²) in [6, 6.07) is 0. The summed E-state index contributed by atoms with van der Waals surface area (Å²) in [6.45, 7) is 6.65. The SMILES string of the molecule is C[C@@]1(O)CC[C@@]2(C)[C@H](CC[C@@H]3[C@@H]2C[C@@H](O)[C@]2(C)[C@@H](C4=CC(=O)OC4)CC[C@]32O)C1. The van der Waals surface area contributed by atoms with E-state index in [0.717, 1.165) is 44.1 Å². The maximum absolute atomic E-state index is 12.2. The molecule has 0 saturated heterocycles. The average molecular weight is 405 g/mol. The Morgan fingerprint density at radius 3 is 2.48 bits per heavy atom. The van der Waals surface area contributed by atoms with Crippen LogP contribution in [-0.2, 0) is 9.53 Å². The van der Waals surface area contributed by atoms with E-state index in [-0.39, 0.29) is 29.1 Å². The van der Waals surface area contributed by atoms with E-state index in [1.54, 1.807) is 6.08 Å². The van der Waals surface area contributed by atoms with Crippen LogP contribution in [0.3, 0.4) is 0 Å². The van der Waals surface area contributed by atoms with Gasteiger partial charge in [0.05, 0.1) is 17.3 Å². The molecule has 0 amide bonds. The number of hydrogen-bond acceptors (Lipinski definition) is 5. The third-order valence-corrected chi connectivity index (χ3v) is 10.4.